The number of aromatic nitrogens is 1. The average Bonchev–Trinajstić information content (AvgIpc) is 3.29. The van der Waals surface area contributed by atoms with Crippen molar-refractivity contribution in [1.29, 1.82) is 0 Å². The molecule has 1 N–H and O–H groups in total. The van der Waals surface area contributed by atoms with Gasteiger partial charge in [-0.1, -0.05) is 11.3 Å². The zero-order chi connectivity index (χ0) is 17.1. The molecule has 6 nitrogen and oxygen atoms in total. The molecule has 0 atom stereocenters. The summed E-state index contributed by atoms with van der Waals surface area (Å²) in [6.45, 7) is 3.30. The lowest BCUT2D eigenvalue weighted by molar-refractivity contribution is -0.111. The summed E-state index contributed by atoms with van der Waals surface area (Å²) in [5.74, 6) is 0.401. The first-order chi connectivity index (χ1) is 12.3. The van der Waals surface area contributed by atoms with Gasteiger partial charge >= 0.3 is 0 Å². The fourth-order valence-electron chi connectivity index (χ4n) is 2.68. The molecule has 0 aliphatic carbocycles. The van der Waals surface area contributed by atoms with Gasteiger partial charge in [0.05, 0.1) is 29.7 Å². The lowest BCUT2D eigenvalue weighted by Gasteiger charge is -2.28. The number of benzene rings is 1. The molecule has 1 fully saturated rings. The van der Waals surface area contributed by atoms with Gasteiger partial charge in [0.1, 0.15) is 5.76 Å². The maximum Gasteiger partial charge on any atom is 0.250 e. The molecule has 0 bridgehead atoms. The molecule has 0 saturated carbocycles. The third kappa shape index (κ3) is 3.72. The predicted octanol–water partition coefficient (Wildman–Crippen LogP) is 3.38. The van der Waals surface area contributed by atoms with Crippen LogP contribution in [0.5, 0.6) is 0 Å². The molecule has 0 radical (unpaired) electrons. The van der Waals surface area contributed by atoms with Gasteiger partial charge in [0, 0.05) is 24.9 Å². The lowest BCUT2D eigenvalue weighted by atomic mass is 10.2. The minimum atomic E-state index is -0.233. The highest BCUT2D eigenvalue weighted by Crippen LogP contribution is 2.30. The quantitative estimate of drug-likeness (QED) is 0.727. The molecule has 128 valence electrons. The Morgan fingerprint density at radius 1 is 1.28 bits per heavy atom. The molecule has 1 aromatic carbocycles. The average molecular weight is 355 g/mol. The Bertz CT molecular complexity index is 896. The van der Waals surface area contributed by atoms with Crippen molar-refractivity contribution >= 4 is 44.4 Å². The number of ether oxygens (including phenoxy) is 1. The van der Waals surface area contributed by atoms with E-state index in [0.717, 1.165) is 42.2 Å². The lowest BCUT2D eigenvalue weighted by Crippen LogP contribution is -2.36. The SMILES string of the molecule is O=C(/C=C/c1ccco1)Nc1nc2ccc(N3CCOCC3)cc2s1. The smallest absolute Gasteiger partial charge is 0.250 e. The molecule has 1 saturated heterocycles. The molecular formula is C18H17N3O3S. The number of furan rings is 1. The molecule has 3 heterocycles. The number of fused-ring (bicyclic) bond motifs is 1. The Balaban J connectivity index is 1.48. The summed E-state index contributed by atoms with van der Waals surface area (Å²) in [5, 5.41) is 3.39. The van der Waals surface area contributed by atoms with Crippen LogP contribution in [0.4, 0.5) is 10.8 Å². The van der Waals surface area contributed by atoms with E-state index >= 15 is 0 Å². The number of nitrogens with zero attached hydrogens (tertiary/aromatic N) is 2. The summed E-state index contributed by atoms with van der Waals surface area (Å²) in [6.07, 6.45) is 4.63. The van der Waals surface area contributed by atoms with Crippen LogP contribution in [-0.4, -0.2) is 37.2 Å². The molecule has 1 aliphatic heterocycles. The Hall–Kier alpha value is -2.64. The normalized spacial score (nSPS) is 15.1. The second-order valence-electron chi connectivity index (χ2n) is 5.61. The highest BCUT2D eigenvalue weighted by atomic mass is 32.1. The van der Waals surface area contributed by atoms with Crippen LogP contribution in [0.1, 0.15) is 5.76 Å². The third-order valence-electron chi connectivity index (χ3n) is 3.92. The van der Waals surface area contributed by atoms with Gasteiger partial charge in [-0.15, -0.1) is 0 Å². The summed E-state index contributed by atoms with van der Waals surface area (Å²) in [4.78, 5) is 18.8. The van der Waals surface area contributed by atoms with Gasteiger partial charge in [-0.2, -0.15) is 0 Å². The number of rotatable bonds is 4. The predicted molar refractivity (Wildman–Crippen MR) is 99.0 cm³/mol. The fraction of sp³-hybridized carbons (Fsp3) is 0.222. The second kappa shape index (κ2) is 7.08. The molecule has 3 aromatic rings. The van der Waals surface area contributed by atoms with Gasteiger partial charge in [0.2, 0.25) is 5.91 Å². The number of hydrogen-bond acceptors (Lipinski definition) is 6. The van der Waals surface area contributed by atoms with Crippen LogP contribution in [0.2, 0.25) is 0 Å². The van der Waals surface area contributed by atoms with E-state index in [-0.39, 0.29) is 5.91 Å². The van der Waals surface area contributed by atoms with Crippen LogP contribution >= 0.6 is 11.3 Å². The van der Waals surface area contributed by atoms with E-state index in [1.807, 2.05) is 6.07 Å². The summed E-state index contributed by atoms with van der Waals surface area (Å²) >= 11 is 1.47. The Labute approximate surface area is 148 Å². The number of nitrogens with one attached hydrogen (secondary N) is 1. The van der Waals surface area contributed by atoms with Crippen LogP contribution in [0.15, 0.2) is 47.1 Å². The van der Waals surface area contributed by atoms with Gasteiger partial charge in [-0.05, 0) is 36.4 Å². The van der Waals surface area contributed by atoms with Gasteiger partial charge in [0.15, 0.2) is 5.13 Å². The van der Waals surface area contributed by atoms with E-state index in [1.54, 1.807) is 24.5 Å². The van der Waals surface area contributed by atoms with Gasteiger partial charge in [0.25, 0.3) is 0 Å². The maximum atomic E-state index is 12.0. The second-order valence-corrected chi connectivity index (χ2v) is 6.64. The zero-order valence-electron chi connectivity index (χ0n) is 13.5. The van der Waals surface area contributed by atoms with Crippen molar-refractivity contribution in [3.63, 3.8) is 0 Å². The van der Waals surface area contributed by atoms with Crippen LogP contribution in [0.3, 0.4) is 0 Å². The molecule has 0 spiro atoms. The van der Waals surface area contributed by atoms with Crippen LogP contribution in [0, 0.1) is 0 Å². The molecule has 4 rings (SSSR count). The van der Waals surface area contributed by atoms with E-state index in [4.69, 9.17) is 9.15 Å². The van der Waals surface area contributed by atoms with Crippen molar-refractivity contribution in [2.75, 3.05) is 36.5 Å². The molecule has 7 heteroatoms. The van der Waals surface area contributed by atoms with E-state index in [2.05, 4.69) is 27.3 Å². The topological polar surface area (TPSA) is 67.6 Å². The van der Waals surface area contributed by atoms with Crippen molar-refractivity contribution in [1.82, 2.24) is 4.98 Å². The third-order valence-corrected chi connectivity index (χ3v) is 4.85. The number of carbonyl (C=O) groups excluding carboxylic acids is 1. The first-order valence-corrected chi connectivity index (χ1v) is 8.85. The monoisotopic (exact) mass is 355 g/mol. The van der Waals surface area contributed by atoms with Crippen LogP contribution in [0.25, 0.3) is 16.3 Å². The number of morpholine rings is 1. The fourth-order valence-corrected chi connectivity index (χ4v) is 3.58. The summed E-state index contributed by atoms with van der Waals surface area (Å²) in [6, 6.07) is 9.74. The first-order valence-electron chi connectivity index (χ1n) is 8.04. The summed E-state index contributed by atoms with van der Waals surface area (Å²) < 4.78 is 11.6. The van der Waals surface area contributed by atoms with Crippen molar-refractivity contribution in [2.45, 2.75) is 0 Å². The Morgan fingerprint density at radius 3 is 2.96 bits per heavy atom. The van der Waals surface area contributed by atoms with E-state index in [0.29, 0.717) is 10.9 Å². The van der Waals surface area contributed by atoms with E-state index in [1.165, 1.54) is 17.4 Å². The first kappa shape index (κ1) is 15.9. The number of amides is 1. The number of carbonyl (C=O) groups is 1. The Kier molecular flexibility index (Phi) is 4.49. The number of thiazole rings is 1. The van der Waals surface area contributed by atoms with Crippen molar-refractivity contribution in [2.24, 2.45) is 0 Å². The van der Waals surface area contributed by atoms with Gasteiger partial charge in [-0.25, -0.2) is 4.98 Å². The standard InChI is InChI=1S/C18H17N3O3S/c22-17(6-4-14-2-1-9-24-14)20-18-19-15-5-3-13(12-16(15)25-18)21-7-10-23-11-8-21/h1-6,9,12H,7-8,10-11H2,(H,19,20,22)/b6-4+. The number of anilines is 2. The summed E-state index contributed by atoms with van der Waals surface area (Å²) in [7, 11) is 0. The van der Waals surface area contributed by atoms with Crippen molar-refractivity contribution in [3.05, 3.63) is 48.4 Å². The maximum absolute atomic E-state index is 12.0. The minimum absolute atomic E-state index is 0.233. The highest BCUT2D eigenvalue weighted by Gasteiger charge is 2.13. The molecular weight excluding hydrogens is 338 g/mol. The molecule has 1 aliphatic rings. The van der Waals surface area contributed by atoms with Crippen molar-refractivity contribution in [3.8, 4) is 0 Å². The highest BCUT2D eigenvalue weighted by molar-refractivity contribution is 7.22. The number of hydrogen-bond donors (Lipinski definition) is 1. The van der Waals surface area contributed by atoms with Gasteiger partial charge in [-0.3, -0.25) is 10.1 Å². The minimum Gasteiger partial charge on any atom is -0.465 e. The van der Waals surface area contributed by atoms with E-state index < -0.39 is 0 Å². The molecule has 0 unspecified atom stereocenters. The molecule has 25 heavy (non-hydrogen) atoms. The Morgan fingerprint density at radius 2 is 2.16 bits per heavy atom. The van der Waals surface area contributed by atoms with Crippen LogP contribution in [-0.2, 0) is 9.53 Å². The largest absolute Gasteiger partial charge is 0.465 e. The molecule has 1 amide bonds. The molecule has 2 aromatic heterocycles. The van der Waals surface area contributed by atoms with Gasteiger partial charge < -0.3 is 14.1 Å². The zero-order valence-corrected chi connectivity index (χ0v) is 14.3. The van der Waals surface area contributed by atoms with E-state index in [9.17, 15) is 4.79 Å². The van der Waals surface area contributed by atoms with Crippen molar-refractivity contribution < 1.29 is 13.9 Å². The summed E-state index contributed by atoms with van der Waals surface area (Å²) in [5.41, 5.74) is 2.04. The van der Waals surface area contributed by atoms with Crippen LogP contribution < -0.4 is 10.2 Å².